The maximum absolute atomic E-state index is 6.37. The second-order valence-electron chi connectivity index (χ2n) is 3.96. The van der Waals surface area contributed by atoms with Crippen molar-refractivity contribution < 1.29 is 0 Å². The number of rotatable bonds is 4. The molecule has 0 N–H and O–H groups in total. The topological polar surface area (TPSA) is 17.8 Å². The van der Waals surface area contributed by atoms with Crippen LogP contribution in [-0.4, -0.2) is 9.78 Å². The average molecular weight is 348 g/mol. The lowest BCUT2D eigenvalue weighted by Gasteiger charge is -2.05. The Labute approximate surface area is 125 Å². The molecule has 1 aromatic carbocycles. The van der Waals surface area contributed by atoms with Gasteiger partial charge in [0, 0.05) is 10.0 Å². The standard InChI is InChI=1S/C13H13BrCl2N2/c1-2-5-11-9(8-15)13(16)18(17-11)12-7-4-3-6-10(12)14/h3-4,6-7H,2,5,8H2,1H3. The maximum atomic E-state index is 6.37. The minimum atomic E-state index is 0.388. The smallest absolute Gasteiger partial charge is 0.137 e. The molecule has 0 unspecified atom stereocenters. The molecule has 1 aromatic heterocycles. The van der Waals surface area contributed by atoms with E-state index in [9.17, 15) is 0 Å². The molecule has 0 fully saturated rings. The molecule has 0 amide bonds. The fraction of sp³-hybridized carbons (Fsp3) is 0.308. The molecule has 0 aliphatic rings. The van der Waals surface area contributed by atoms with Crippen LogP contribution >= 0.6 is 39.1 Å². The van der Waals surface area contributed by atoms with Gasteiger partial charge >= 0.3 is 0 Å². The molecular weight excluding hydrogens is 335 g/mol. The molecule has 0 bridgehead atoms. The SMILES string of the molecule is CCCc1nn(-c2ccccc2Br)c(Cl)c1CCl. The molecule has 18 heavy (non-hydrogen) atoms. The van der Waals surface area contributed by atoms with Crippen molar-refractivity contribution >= 4 is 39.1 Å². The van der Waals surface area contributed by atoms with Crippen LogP contribution in [0.2, 0.25) is 5.15 Å². The van der Waals surface area contributed by atoms with Gasteiger partial charge in [0.05, 0.1) is 17.3 Å². The van der Waals surface area contributed by atoms with Gasteiger partial charge in [0.1, 0.15) is 5.15 Å². The summed E-state index contributed by atoms with van der Waals surface area (Å²) in [6.45, 7) is 2.11. The highest BCUT2D eigenvalue weighted by Crippen LogP contribution is 2.29. The molecule has 0 atom stereocenters. The highest BCUT2D eigenvalue weighted by molar-refractivity contribution is 9.10. The summed E-state index contributed by atoms with van der Waals surface area (Å²) in [5, 5.41) is 5.17. The zero-order chi connectivity index (χ0) is 13.1. The van der Waals surface area contributed by atoms with Crippen molar-refractivity contribution in [2.45, 2.75) is 25.6 Å². The molecule has 0 saturated heterocycles. The summed E-state index contributed by atoms with van der Waals surface area (Å²) < 4.78 is 2.70. The first-order valence-electron chi connectivity index (χ1n) is 5.76. The van der Waals surface area contributed by atoms with Crippen molar-refractivity contribution in [2.24, 2.45) is 0 Å². The van der Waals surface area contributed by atoms with Crippen LogP contribution in [-0.2, 0) is 12.3 Å². The maximum Gasteiger partial charge on any atom is 0.137 e. The van der Waals surface area contributed by atoms with E-state index in [0.29, 0.717) is 11.0 Å². The predicted octanol–water partition coefficient (Wildman–Crippen LogP) is 4.98. The fourth-order valence-electron chi connectivity index (χ4n) is 1.82. The van der Waals surface area contributed by atoms with E-state index < -0.39 is 0 Å². The fourth-order valence-corrected chi connectivity index (χ4v) is 2.93. The van der Waals surface area contributed by atoms with E-state index in [2.05, 4.69) is 28.0 Å². The minimum absolute atomic E-state index is 0.388. The molecule has 0 aliphatic heterocycles. The van der Waals surface area contributed by atoms with Gasteiger partial charge in [-0.3, -0.25) is 0 Å². The Morgan fingerprint density at radius 3 is 2.67 bits per heavy atom. The number of halogens is 3. The summed E-state index contributed by atoms with van der Waals surface area (Å²) in [6, 6.07) is 7.85. The second-order valence-corrected chi connectivity index (χ2v) is 5.44. The first kappa shape index (κ1) is 13.9. The van der Waals surface area contributed by atoms with Gasteiger partial charge in [0.15, 0.2) is 0 Å². The molecule has 0 aliphatic carbocycles. The van der Waals surface area contributed by atoms with Gasteiger partial charge in [0.2, 0.25) is 0 Å². The summed E-state index contributed by atoms with van der Waals surface area (Å²) >= 11 is 15.8. The number of nitrogens with zero attached hydrogens (tertiary/aromatic N) is 2. The third-order valence-electron chi connectivity index (χ3n) is 2.71. The Hall–Kier alpha value is -0.510. The number of alkyl halides is 1. The van der Waals surface area contributed by atoms with Crippen LogP contribution in [0.15, 0.2) is 28.7 Å². The van der Waals surface area contributed by atoms with Crippen LogP contribution < -0.4 is 0 Å². The third-order valence-corrected chi connectivity index (χ3v) is 4.03. The number of benzene rings is 1. The first-order valence-corrected chi connectivity index (χ1v) is 7.46. The van der Waals surface area contributed by atoms with Crippen LogP contribution in [0, 0.1) is 0 Å². The van der Waals surface area contributed by atoms with Gasteiger partial charge < -0.3 is 0 Å². The quantitative estimate of drug-likeness (QED) is 0.713. The first-order chi connectivity index (χ1) is 8.69. The summed E-state index contributed by atoms with van der Waals surface area (Å²) in [6.07, 6.45) is 1.91. The van der Waals surface area contributed by atoms with Crippen LogP contribution in [0.4, 0.5) is 0 Å². The van der Waals surface area contributed by atoms with Crippen molar-refractivity contribution in [3.8, 4) is 5.69 Å². The van der Waals surface area contributed by atoms with E-state index >= 15 is 0 Å². The van der Waals surface area contributed by atoms with E-state index in [1.165, 1.54) is 0 Å². The molecule has 5 heteroatoms. The van der Waals surface area contributed by atoms with Gasteiger partial charge in [0.25, 0.3) is 0 Å². The van der Waals surface area contributed by atoms with Gasteiger partial charge in [-0.1, -0.05) is 37.1 Å². The monoisotopic (exact) mass is 346 g/mol. The highest BCUT2D eigenvalue weighted by atomic mass is 79.9. The Morgan fingerprint density at radius 2 is 2.06 bits per heavy atom. The van der Waals surface area contributed by atoms with E-state index in [4.69, 9.17) is 23.2 Å². The average Bonchev–Trinajstić information content (AvgIpc) is 2.67. The molecule has 0 spiro atoms. The van der Waals surface area contributed by atoms with E-state index in [-0.39, 0.29) is 0 Å². The Balaban J connectivity index is 2.55. The molecule has 1 heterocycles. The van der Waals surface area contributed by atoms with Crippen molar-refractivity contribution in [1.29, 1.82) is 0 Å². The summed E-state index contributed by atoms with van der Waals surface area (Å²) in [5.74, 6) is 0.388. The summed E-state index contributed by atoms with van der Waals surface area (Å²) in [7, 11) is 0. The highest BCUT2D eigenvalue weighted by Gasteiger charge is 2.17. The van der Waals surface area contributed by atoms with Crippen molar-refractivity contribution in [2.75, 3.05) is 0 Å². The van der Waals surface area contributed by atoms with Crippen LogP contribution in [0.3, 0.4) is 0 Å². The number of hydrogen-bond acceptors (Lipinski definition) is 1. The molecule has 2 aromatic rings. The zero-order valence-electron chi connectivity index (χ0n) is 9.96. The number of para-hydroxylation sites is 1. The Morgan fingerprint density at radius 1 is 1.33 bits per heavy atom. The van der Waals surface area contributed by atoms with Gasteiger partial charge in [-0.25, -0.2) is 4.68 Å². The van der Waals surface area contributed by atoms with Crippen LogP contribution in [0.1, 0.15) is 24.6 Å². The molecule has 2 rings (SSSR count). The lowest BCUT2D eigenvalue weighted by Crippen LogP contribution is -1.98. The molecular formula is C13H13BrCl2N2. The Bertz CT molecular complexity index is 552. The van der Waals surface area contributed by atoms with Crippen molar-refractivity contribution in [3.05, 3.63) is 45.1 Å². The number of aromatic nitrogens is 2. The lowest BCUT2D eigenvalue weighted by atomic mass is 10.2. The summed E-state index contributed by atoms with van der Waals surface area (Å²) in [5.41, 5.74) is 2.83. The van der Waals surface area contributed by atoms with E-state index in [0.717, 1.165) is 34.3 Å². The number of hydrogen-bond donors (Lipinski definition) is 0. The largest absolute Gasteiger partial charge is 0.220 e. The van der Waals surface area contributed by atoms with Crippen molar-refractivity contribution in [3.63, 3.8) is 0 Å². The minimum Gasteiger partial charge on any atom is -0.220 e. The molecule has 0 radical (unpaired) electrons. The van der Waals surface area contributed by atoms with Crippen LogP contribution in [0.25, 0.3) is 5.69 Å². The summed E-state index contributed by atoms with van der Waals surface area (Å²) in [4.78, 5) is 0. The van der Waals surface area contributed by atoms with E-state index in [1.54, 1.807) is 4.68 Å². The third kappa shape index (κ3) is 2.58. The molecule has 2 nitrogen and oxygen atoms in total. The normalized spacial score (nSPS) is 10.9. The van der Waals surface area contributed by atoms with E-state index in [1.807, 2.05) is 24.3 Å². The molecule has 0 saturated carbocycles. The van der Waals surface area contributed by atoms with Gasteiger partial charge in [-0.05, 0) is 34.5 Å². The lowest BCUT2D eigenvalue weighted by molar-refractivity contribution is 0.803. The van der Waals surface area contributed by atoms with Gasteiger partial charge in [-0.2, -0.15) is 5.10 Å². The number of aryl methyl sites for hydroxylation is 1. The van der Waals surface area contributed by atoms with Gasteiger partial charge in [-0.15, -0.1) is 11.6 Å². The second kappa shape index (κ2) is 6.09. The van der Waals surface area contributed by atoms with Crippen molar-refractivity contribution in [1.82, 2.24) is 9.78 Å². The molecule has 96 valence electrons. The zero-order valence-corrected chi connectivity index (χ0v) is 13.1. The van der Waals surface area contributed by atoms with Crippen LogP contribution in [0.5, 0.6) is 0 Å². The Kier molecular flexibility index (Phi) is 4.71. The predicted molar refractivity (Wildman–Crippen MR) is 79.8 cm³/mol.